The molecular formula is C15H20O7. The normalized spacial score (nSPS) is 35.4. The first-order chi connectivity index (χ1) is 10.3. The van der Waals surface area contributed by atoms with Gasteiger partial charge in [-0.15, -0.1) is 0 Å². The van der Waals surface area contributed by atoms with Crippen LogP contribution in [0.25, 0.3) is 0 Å². The van der Waals surface area contributed by atoms with Gasteiger partial charge in [-0.25, -0.2) is 4.79 Å². The van der Waals surface area contributed by atoms with Crippen LogP contribution in [0.15, 0.2) is 0 Å². The quantitative estimate of drug-likeness (QED) is 0.551. The largest absolute Gasteiger partial charge is 0.459 e. The molecule has 0 N–H and O–H groups in total. The molecule has 22 heavy (non-hydrogen) atoms. The first-order valence-corrected chi connectivity index (χ1v) is 7.54. The smallest absolute Gasteiger partial charge is 0.346 e. The van der Waals surface area contributed by atoms with Gasteiger partial charge in [0, 0.05) is 6.42 Å². The van der Waals surface area contributed by atoms with E-state index in [0.29, 0.717) is 19.3 Å². The summed E-state index contributed by atoms with van der Waals surface area (Å²) < 4.78 is 21.2. The van der Waals surface area contributed by atoms with E-state index in [0.717, 1.165) is 0 Å². The van der Waals surface area contributed by atoms with Gasteiger partial charge in [-0.1, -0.05) is 6.92 Å². The minimum Gasteiger partial charge on any atom is -0.459 e. The zero-order chi connectivity index (χ0) is 16.1. The lowest BCUT2D eigenvalue weighted by atomic mass is 9.88. The van der Waals surface area contributed by atoms with E-state index < -0.39 is 29.7 Å². The molecule has 0 amide bonds. The van der Waals surface area contributed by atoms with Gasteiger partial charge in [-0.05, 0) is 20.3 Å². The molecule has 0 saturated carbocycles. The summed E-state index contributed by atoms with van der Waals surface area (Å²) in [4.78, 5) is 35.3. The predicted molar refractivity (Wildman–Crippen MR) is 71.3 cm³/mol. The van der Waals surface area contributed by atoms with E-state index in [9.17, 15) is 14.4 Å². The van der Waals surface area contributed by atoms with Gasteiger partial charge >= 0.3 is 17.9 Å². The second-order valence-electron chi connectivity index (χ2n) is 6.77. The van der Waals surface area contributed by atoms with Crippen molar-refractivity contribution in [2.75, 3.05) is 6.61 Å². The fraction of sp³-hybridized carbons (Fsp3) is 0.800. The van der Waals surface area contributed by atoms with E-state index in [1.807, 2.05) is 6.92 Å². The Morgan fingerprint density at radius 3 is 2.68 bits per heavy atom. The SMILES string of the molecule is CCC(C)(C)C(=O)OCC(=O)OC12CC3OC(=O)C(C1)C3O2. The lowest BCUT2D eigenvalue weighted by Gasteiger charge is -2.25. The highest BCUT2D eigenvalue weighted by Gasteiger charge is 2.67. The van der Waals surface area contributed by atoms with Crippen molar-refractivity contribution >= 4 is 17.9 Å². The Morgan fingerprint density at radius 2 is 2.09 bits per heavy atom. The van der Waals surface area contributed by atoms with Crippen LogP contribution in [0.3, 0.4) is 0 Å². The molecule has 2 bridgehead atoms. The number of hydrogen-bond acceptors (Lipinski definition) is 7. The van der Waals surface area contributed by atoms with Gasteiger partial charge in [-0.2, -0.15) is 0 Å². The number of hydrogen-bond donors (Lipinski definition) is 0. The van der Waals surface area contributed by atoms with Gasteiger partial charge in [0.05, 0.1) is 17.8 Å². The van der Waals surface area contributed by atoms with Crippen LogP contribution in [-0.4, -0.2) is 42.5 Å². The van der Waals surface area contributed by atoms with Gasteiger partial charge in [0.25, 0.3) is 0 Å². The third-order valence-corrected chi connectivity index (χ3v) is 4.78. The number of carbonyl (C=O) groups is 3. The van der Waals surface area contributed by atoms with E-state index in [4.69, 9.17) is 18.9 Å². The van der Waals surface area contributed by atoms with Crippen molar-refractivity contribution in [1.29, 1.82) is 0 Å². The number of rotatable bonds is 5. The highest BCUT2D eigenvalue weighted by Crippen LogP contribution is 2.53. The molecule has 122 valence electrons. The second-order valence-corrected chi connectivity index (χ2v) is 6.77. The molecule has 0 aromatic rings. The second kappa shape index (κ2) is 4.94. The first kappa shape index (κ1) is 15.3. The van der Waals surface area contributed by atoms with Gasteiger partial charge < -0.3 is 18.9 Å². The zero-order valence-corrected chi connectivity index (χ0v) is 12.9. The van der Waals surface area contributed by atoms with Crippen LogP contribution in [-0.2, 0) is 33.3 Å². The first-order valence-electron chi connectivity index (χ1n) is 7.54. The lowest BCUT2D eigenvalue weighted by molar-refractivity contribution is -0.211. The van der Waals surface area contributed by atoms with Crippen molar-refractivity contribution in [3.63, 3.8) is 0 Å². The molecule has 0 aromatic heterocycles. The summed E-state index contributed by atoms with van der Waals surface area (Å²) in [7, 11) is 0. The molecule has 7 heteroatoms. The Kier molecular flexibility index (Phi) is 3.43. The molecule has 0 aromatic carbocycles. The van der Waals surface area contributed by atoms with Crippen LogP contribution in [0.5, 0.6) is 0 Å². The van der Waals surface area contributed by atoms with Crippen LogP contribution in [0.2, 0.25) is 0 Å². The predicted octanol–water partition coefficient (Wildman–Crippen LogP) is 0.940. The van der Waals surface area contributed by atoms with E-state index in [1.54, 1.807) is 13.8 Å². The average molecular weight is 312 g/mol. The van der Waals surface area contributed by atoms with Crippen LogP contribution >= 0.6 is 0 Å². The molecule has 3 fully saturated rings. The molecule has 7 nitrogen and oxygen atoms in total. The molecule has 3 heterocycles. The number of carbonyl (C=O) groups excluding carboxylic acids is 3. The minimum absolute atomic E-state index is 0.290. The molecule has 0 spiro atoms. The molecule has 3 rings (SSSR count). The molecule has 3 saturated heterocycles. The molecule has 3 aliphatic heterocycles. The Labute approximate surface area is 128 Å². The number of ether oxygens (including phenoxy) is 4. The Hall–Kier alpha value is -1.63. The summed E-state index contributed by atoms with van der Waals surface area (Å²) in [5.74, 6) is -2.86. The van der Waals surface area contributed by atoms with Crippen molar-refractivity contribution in [3.8, 4) is 0 Å². The van der Waals surface area contributed by atoms with Crippen molar-refractivity contribution in [1.82, 2.24) is 0 Å². The monoisotopic (exact) mass is 312 g/mol. The molecule has 3 aliphatic rings. The van der Waals surface area contributed by atoms with Gasteiger partial charge in [0.1, 0.15) is 12.2 Å². The Balaban J connectivity index is 1.54. The topological polar surface area (TPSA) is 88.1 Å². The van der Waals surface area contributed by atoms with Crippen LogP contribution in [0.4, 0.5) is 0 Å². The Bertz CT molecular complexity index is 522. The van der Waals surface area contributed by atoms with Crippen molar-refractivity contribution < 1.29 is 33.3 Å². The lowest BCUT2D eigenvalue weighted by Crippen LogP contribution is -2.37. The summed E-state index contributed by atoms with van der Waals surface area (Å²) in [6.07, 6.45) is 0.619. The maximum atomic E-state index is 11.9. The highest BCUT2D eigenvalue weighted by atomic mass is 16.8. The molecule has 4 atom stereocenters. The van der Waals surface area contributed by atoms with Gasteiger partial charge in [0.15, 0.2) is 6.61 Å². The van der Waals surface area contributed by atoms with Gasteiger partial charge in [0.2, 0.25) is 5.79 Å². The van der Waals surface area contributed by atoms with Crippen molar-refractivity contribution in [3.05, 3.63) is 0 Å². The average Bonchev–Trinajstić information content (AvgIpc) is 3.03. The fourth-order valence-electron chi connectivity index (χ4n) is 3.09. The third kappa shape index (κ3) is 2.37. The fourth-order valence-corrected chi connectivity index (χ4v) is 3.09. The van der Waals surface area contributed by atoms with Crippen molar-refractivity contribution in [2.24, 2.45) is 11.3 Å². The maximum absolute atomic E-state index is 11.9. The van der Waals surface area contributed by atoms with Gasteiger partial charge in [-0.3, -0.25) is 9.59 Å². The molecule has 0 radical (unpaired) electrons. The number of fused-ring (bicyclic) bond motifs is 1. The standard InChI is InChI=1S/C15H20O7/c1-4-14(2,3)13(18)19-7-10(16)21-15-5-8-11(22-15)9(6-15)20-12(8)17/h8-9,11H,4-7H2,1-3H3. The van der Waals surface area contributed by atoms with Crippen molar-refractivity contribution in [2.45, 2.75) is 58.0 Å². The number of esters is 3. The molecule has 0 aliphatic carbocycles. The summed E-state index contributed by atoms with van der Waals surface area (Å²) in [6, 6.07) is 0. The minimum atomic E-state index is -1.10. The van der Waals surface area contributed by atoms with E-state index in [1.165, 1.54) is 0 Å². The maximum Gasteiger partial charge on any atom is 0.346 e. The zero-order valence-electron chi connectivity index (χ0n) is 12.9. The van der Waals surface area contributed by atoms with E-state index in [-0.39, 0.29) is 24.1 Å². The van der Waals surface area contributed by atoms with Crippen LogP contribution in [0, 0.1) is 11.3 Å². The Morgan fingerprint density at radius 1 is 1.36 bits per heavy atom. The molecular weight excluding hydrogens is 292 g/mol. The summed E-state index contributed by atoms with van der Waals surface area (Å²) in [5.41, 5.74) is -0.639. The summed E-state index contributed by atoms with van der Waals surface area (Å²) in [6.45, 7) is 4.92. The van der Waals surface area contributed by atoms with Crippen LogP contribution < -0.4 is 0 Å². The van der Waals surface area contributed by atoms with E-state index in [2.05, 4.69) is 0 Å². The summed E-state index contributed by atoms with van der Waals surface area (Å²) in [5, 5.41) is 0. The summed E-state index contributed by atoms with van der Waals surface area (Å²) >= 11 is 0. The van der Waals surface area contributed by atoms with E-state index >= 15 is 0 Å². The molecule has 4 unspecified atom stereocenters. The highest BCUT2D eigenvalue weighted by molar-refractivity contribution is 5.80. The van der Waals surface area contributed by atoms with Crippen LogP contribution in [0.1, 0.15) is 40.0 Å². The third-order valence-electron chi connectivity index (χ3n) is 4.78.